The Bertz CT molecular complexity index is 317. The van der Waals surface area contributed by atoms with E-state index >= 15 is 0 Å². The topological polar surface area (TPSA) is 20.2 Å². The van der Waals surface area contributed by atoms with Crippen LogP contribution >= 0.6 is 0 Å². The zero-order chi connectivity index (χ0) is 10.9. The Balaban J connectivity index is 2.34. The fourth-order valence-electron chi connectivity index (χ4n) is 2.75. The zero-order valence-corrected chi connectivity index (χ0v) is 9.66. The van der Waals surface area contributed by atoms with Gasteiger partial charge in [-0.05, 0) is 23.8 Å². The van der Waals surface area contributed by atoms with Crippen LogP contribution in [0.15, 0.2) is 30.3 Å². The summed E-state index contributed by atoms with van der Waals surface area (Å²) in [7, 11) is 0. The average molecular weight is 204 g/mol. The van der Waals surface area contributed by atoms with E-state index in [9.17, 15) is 5.11 Å². The Labute approximate surface area is 92.1 Å². The molecule has 1 N–H and O–H groups in total. The van der Waals surface area contributed by atoms with E-state index in [-0.39, 0.29) is 10.8 Å². The highest BCUT2D eigenvalue weighted by molar-refractivity contribution is 5.28. The molecule has 1 heteroatoms. The van der Waals surface area contributed by atoms with Crippen molar-refractivity contribution in [3.63, 3.8) is 0 Å². The SMILES string of the molecule is CC(C)(c1ccccc1)C1(CO)CCC1. The molecule has 1 aromatic rings. The van der Waals surface area contributed by atoms with Crippen LogP contribution in [0.25, 0.3) is 0 Å². The van der Waals surface area contributed by atoms with Crippen LogP contribution in [0.2, 0.25) is 0 Å². The van der Waals surface area contributed by atoms with Crippen LogP contribution in [0, 0.1) is 5.41 Å². The highest BCUT2D eigenvalue weighted by atomic mass is 16.3. The van der Waals surface area contributed by atoms with Gasteiger partial charge >= 0.3 is 0 Å². The Morgan fingerprint density at radius 3 is 2.20 bits per heavy atom. The lowest BCUT2D eigenvalue weighted by molar-refractivity contribution is -0.0209. The highest BCUT2D eigenvalue weighted by Gasteiger charge is 2.49. The molecule has 1 aliphatic carbocycles. The van der Waals surface area contributed by atoms with E-state index in [0.29, 0.717) is 6.61 Å². The van der Waals surface area contributed by atoms with Crippen molar-refractivity contribution in [1.82, 2.24) is 0 Å². The van der Waals surface area contributed by atoms with E-state index in [0.717, 1.165) is 12.8 Å². The first-order valence-electron chi connectivity index (χ1n) is 5.79. The fraction of sp³-hybridized carbons (Fsp3) is 0.571. The molecule has 0 saturated heterocycles. The van der Waals surface area contributed by atoms with Crippen LogP contribution in [0.5, 0.6) is 0 Å². The van der Waals surface area contributed by atoms with Gasteiger partial charge in [-0.3, -0.25) is 0 Å². The first-order chi connectivity index (χ1) is 7.12. The predicted octanol–water partition coefficient (Wildman–Crippen LogP) is 3.13. The number of rotatable bonds is 3. The summed E-state index contributed by atoms with van der Waals surface area (Å²) in [6, 6.07) is 10.6. The summed E-state index contributed by atoms with van der Waals surface area (Å²) < 4.78 is 0. The van der Waals surface area contributed by atoms with Gasteiger partial charge in [0.1, 0.15) is 0 Å². The molecule has 0 atom stereocenters. The molecule has 1 aliphatic rings. The molecule has 0 amide bonds. The van der Waals surface area contributed by atoms with Crippen molar-refractivity contribution >= 4 is 0 Å². The molecule has 2 rings (SSSR count). The summed E-state index contributed by atoms with van der Waals surface area (Å²) >= 11 is 0. The minimum Gasteiger partial charge on any atom is -0.396 e. The summed E-state index contributed by atoms with van der Waals surface area (Å²) in [4.78, 5) is 0. The maximum Gasteiger partial charge on any atom is 0.0495 e. The van der Waals surface area contributed by atoms with E-state index < -0.39 is 0 Å². The van der Waals surface area contributed by atoms with Gasteiger partial charge in [0.05, 0.1) is 0 Å². The highest BCUT2D eigenvalue weighted by Crippen LogP contribution is 2.54. The molecule has 0 aliphatic heterocycles. The second-order valence-electron chi connectivity index (χ2n) is 5.28. The lowest BCUT2D eigenvalue weighted by atomic mass is 9.52. The van der Waals surface area contributed by atoms with Gasteiger partial charge in [0, 0.05) is 12.0 Å². The first kappa shape index (κ1) is 10.7. The number of hydrogen-bond acceptors (Lipinski definition) is 1. The normalized spacial score (nSPS) is 19.7. The molecular formula is C14H20O. The maximum absolute atomic E-state index is 9.63. The third kappa shape index (κ3) is 1.50. The maximum atomic E-state index is 9.63. The van der Waals surface area contributed by atoms with Crippen LogP contribution in [0.3, 0.4) is 0 Å². The monoisotopic (exact) mass is 204 g/mol. The van der Waals surface area contributed by atoms with Crippen LogP contribution in [0.1, 0.15) is 38.7 Å². The molecule has 0 aromatic heterocycles. The van der Waals surface area contributed by atoms with Gasteiger partial charge in [-0.2, -0.15) is 0 Å². The van der Waals surface area contributed by atoms with Crippen molar-refractivity contribution in [3.8, 4) is 0 Å². The van der Waals surface area contributed by atoms with E-state index in [2.05, 4.69) is 38.1 Å². The van der Waals surface area contributed by atoms with Crippen LogP contribution in [0.4, 0.5) is 0 Å². The molecule has 15 heavy (non-hydrogen) atoms. The Morgan fingerprint density at radius 1 is 1.20 bits per heavy atom. The molecule has 0 spiro atoms. The zero-order valence-electron chi connectivity index (χ0n) is 9.66. The van der Waals surface area contributed by atoms with Crippen LogP contribution < -0.4 is 0 Å². The van der Waals surface area contributed by atoms with Gasteiger partial charge < -0.3 is 5.11 Å². The summed E-state index contributed by atoms with van der Waals surface area (Å²) in [6.07, 6.45) is 3.58. The molecule has 1 aromatic carbocycles. The molecule has 0 unspecified atom stereocenters. The van der Waals surface area contributed by atoms with E-state index in [4.69, 9.17) is 0 Å². The first-order valence-corrected chi connectivity index (χ1v) is 5.79. The summed E-state index contributed by atoms with van der Waals surface area (Å²) in [6.45, 7) is 4.84. The van der Waals surface area contributed by atoms with Crippen LogP contribution in [-0.4, -0.2) is 11.7 Å². The summed E-state index contributed by atoms with van der Waals surface area (Å²) in [5.41, 5.74) is 1.55. The Kier molecular flexibility index (Phi) is 2.59. The summed E-state index contributed by atoms with van der Waals surface area (Å²) in [5, 5.41) is 9.63. The number of hydrogen-bond donors (Lipinski definition) is 1. The predicted molar refractivity (Wildman–Crippen MR) is 62.8 cm³/mol. The Hall–Kier alpha value is -0.820. The molecule has 1 saturated carbocycles. The quantitative estimate of drug-likeness (QED) is 0.802. The van der Waals surface area contributed by atoms with Crippen LogP contribution in [-0.2, 0) is 5.41 Å². The molecular weight excluding hydrogens is 184 g/mol. The third-order valence-electron chi connectivity index (χ3n) is 4.43. The van der Waals surface area contributed by atoms with Crippen molar-refractivity contribution in [2.75, 3.05) is 6.61 Å². The number of aliphatic hydroxyl groups is 1. The number of benzene rings is 1. The molecule has 82 valence electrons. The van der Waals surface area contributed by atoms with Crippen molar-refractivity contribution in [2.24, 2.45) is 5.41 Å². The Morgan fingerprint density at radius 2 is 1.80 bits per heavy atom. The fourth-order valence-corrected chi connectivity index (χ4v) is 2.75. The van der Waals surface area contributed by atoms with Crippen molar-refractivity contribution < 1.29 is 5.11 Å². The van der Waals surface area contributed by atoms with Gasteiger partial charge in [-0.25, -0.2) is 0 Å². The standard InChI is InChI=1S/C14H20O/c1-13(2,12-7-4-3-5-8-12)14(11-15)9-6-10-14/h3-5,7-8,15H,6,9-11H2,1-2H3. The van der Waals surface area contributed by atoms with E-state index in [1.807, 2.05) is 6.07 Å². The van der Waals surface area contributed by atoms with Gasteiger partial charge in [-0.15, -0.1) is 0 Å². The van der Waals surface area contributed by atoms with Gasteiger partial charge in [0.2, 0.25) is 0 Å². The van der Waals surface area contributed by atoms with Crippen molar-refractivity contribution in [2.45, 2.75) is 38.5 Å². The second-order valence-corrected chi connectivity index (χ2v) is 5.28. The molecule has 0 radical (unpaired) electrons. The minimum absolute atomic E-state index is 0.0846. The van der Waals surface area contributed by atoms with E-state index in [1.54, 1.807) is 0 Å². The second kappa shape index (κ2) is 3.64. The molecule has 1 fully saturated rings. The number of aliphatic hydroxyl groups excluding tert-OH is 1. The molecule has 0 bridgehead atoms. The average Bonchev–Trinajstić information content (AvgIpc) is 2.18. The van der Waals surface area contributed by atoms with Gasteiger partial charge in [0.25, 0.3) is 0 Å². The molecule has 1 nitrogen and oxygen atoms in total. The van der Waals surface area contributed by atoms with Crippen molar-refractivity contribution in [1.29, 1.82) is 0 Å². The molecule has 0 heterocycles. The van der Waals surface area contributed by atoms with E-state index in [1.165, 1.54) is 12.0 Å². The summed E-state index contributed by atoms with van der Waals surface area (Å²) in [5.74, 6) is 0. The smallest absolute Gasteiger partial charge is 0.0495 e. The van der Waals surface area contributed by atoms with Gasteiger partial charge in [-0.1, -0.05) is 50.6 Å². The third-order valence-corrected chi connectivity index (χ3v) is 4.43. The lowest BCUT2D eigenvalue weighted by Gasteiger charge is -2.52. The minimum atomic E-state index is 0.0846. The largest absolute Gasteiger partial charge is 0.396 e. The van der Waals surface area contributed by atoms with Crippen molar-refractivity contribution in [3.05, 3.63) is 35.9 Å². The van der Waals surface area contributed by atoms with Gasteiger partial charge in [0.15, 0.2) is 0 Å². The lowest BCUT2D eigenvalue weighted by Crippen LogP contribution is -2.49.